The second-order valence-corrected chi connectivity index (χ2v) is 8.01. The molecular formula is C24H28N2. The van der Waals surface area contributed by atoms with Crippen LogP contribution in [-0.4, -0.2) is 9.13 Å². The van der Waals surface area contributed by atoms with Crippen molar-refractivity contribution in [3.63, 3.8) is 0 Å². The van der Waals surface area contributed by atoms with Gasteiger partial charge in [-0.1, -0.05) is 58.0 Å². The molecule has 0 atom stereocenters. The number of hydrogen-bond donors (Lipinski definition) is 0. The summed E-state index contributed by atoms with van der Waals surface area (Å²) in [6.45, 7) is 10.00. The molecule has 0 saturated heterocycles. The number of nitrogens with zero attached hydrogens (tertiary/aromatic N) is 2. The maximum atomic E-state index is 2.41. The molecule has 0 fully saturated rings. The molecule has 2 heteroatoms. The molecule has 2 aromatic carbocycles. The second-order valence-electron chi connectivity index (χ2n) is 8.01. The number of para-hydroxylation sites is 1. The molecule has 2 nitrogen and oxygen atoms in total. The molecule has 134 valence electrons. The quantitative estimate of drug-likeness (QED) is 0.404. The molecule has 0 aliphatic carbocycles. The Hall–Kier alpha value is -2.48. The lowest BCUT2D eigenvalue weighted by atomic mass is 9.99. The zero-order chi connectivity index (χ0) is 18.4. The monoisotopic (exact) mass is 344 g/mol. The fourth-order valence-electron chi connectivity index (χ4n) is 4.13. The van der Waals surface area contributed by atoms with Gasteiger partial charge in [0, 0.05) is 40.7 Å². The summed E-state index contributed by atoms with van der Waals surface area (Å²) in [4.78, 5) is 0. The van der Waals surface area contributed by atoms with Crippen LogP contribution in [-0.2, 0) is 13.6 Å². The molecule has 0 amide bonds. The minimum atomic E-state index is 0.529. The molecule has 4 aromatic rings. The van der Waals surface area contributed by atoms with E-state index in [-0.39, 0.29) is 0 Å². The fourth-order valence-corrected chi connectivity index (χ4v) is 4.13. The predicted molar refractivity (Wildman–Crippen MR) is 112 cm³/mol. The van der Waals surface area contributed by atoms with Gasteiger partial charge in [0.2, 0.25) is 0 Å². The van der Waals surface area contributed by atoms with Gasteiger partial charge in [0.25, 0.3) is 0 Å². The van der Waals surface area contributed by atoms with E-state index in [0.29, 0.717) is 11.8 Å². The molecular weight excluding hydrogens is 316 g/mol. The summed E-state index contributed by atoms with van der Waals surface area (Å²) in [6.07, 6.45) is 2.34. The van der Waals surface area contributed by atoms with Crippen molar-refractivity contribution >= 4 is 21.8 Å². The van der Waals surface area contributed by atoms with Gasteiger partial charge >= 0.3 is 0 Å². The van der Waals surface area contributed by atoms with Gasteiger partial charge in [0.05, 0.1) is 6.54 Å². The van der Waals surface area contributed by atoms with Gasteiger partial charge in [0.15, 0.2) is 0 Å². The van der Waals surface area contributed by atoms with Crippen LogP contribution in [0.5, 0.6) is 0 Å². The molecule has 0 aliphatic heterocycles. The molecule has 4 rings (SSSR count). The topological polar surface area (TPSA) is 9.86 Å². The highest BCUT2D eigenvalue weighted by Gasteiger charge is 2.15. The Balaban J connectivity index is 1.85. The lowest BCUT2D eigenvalue weighted by molar-refractivity contribution is 0.748. The number of benzene rings is 2. The van der Waals surface area contributed by atoms with E-state index < -0.39 is 0 Å². The van der Waals surface area contributed by atoms with Crippen LogP contribution in [0.2, 0.25) is 0 Å². The Morgan fingerprint density at radius 2 is 1.46 bits per heavy atom. The van der Waals surface area contributed by atoms with Crippen molar-refractivity contribution in [3.05, 3.63) is 71.5 Å². The summed E-state index contributed by atoms with van der Waals surface area (Å²) in [7, 11) is 2.19. The van der Waals surface area contributed by atoms with E-state index in [4.69, 9.17) is 0 Å². The van der Waals surface area contributed by atoms with Crippen molar-refractivity contribution in [2.24, 2.45) is 7.05 Å². The van der Waals surface area contributed by atoms with Gasteiger partial charge in [0.1, 0.15) is 0 Å². The van der Waals surface area contributed by atoms with E-state index >= 15 is 0 Å². The lowest BCUT2D eigenvalue weighted by Crippen LogP contribution is -2.03. The first-order valence-corrected chi connectivity index (χ1v) is 9.62. The number of aromatic nitrogens is 2. The van der Waals surface area contributed by atoms with Gasteiger partial charge in [-0.25, -0.2) is 0 Å². The first kappa shape index (κ1) is 17.0. The summed E-state index contributed by atoms with van der Waals surface area (Å²) in [5.41, 5.74) is 6.87. The Morgan fingerprint density at radius 1 is 0.769 bits per heavy atom. The molecule has 0 N–H and O–H groups in total. The number of hydrogen-bond acceptors (Lipinski definition) is 0. The Labute approximate surface area is 156 Å². The number of fused-ring (bicyclic) bond motifs is 2. The molecule has 0 bridgehead atoms. The average Bonchev–Trinajstić information content (AvgIpc) is 3.14. The normalized spacial score (nSPS) is 12.1. The van der Waals surface area contributed by atoms with E-state index in [9.17, 15) is 0 Å². The summed E-state index contributed by atoms with van der Waals surface area (Å²) >= 11 is 0. The Kier molecular flexibility index (Phi) is 4.14. The van der Waals surface area contributed by atoms with Crippen molar-refractivity contribution in [1.29, 1.82) is 0 Å². The van der Waals surface area contributed by atoms with E-state index in [2.05, 4.69) is 98.6 Å². The highest BCUT2D eigenvalue weighted by atomic mass is 15.0. The third-order valence-corrected chi connectivity index (χ3v) is 5.62. The van der Waals surface area contributed by atoms with Crippen molar-refractivity contribution in [1.82, 2.24) is 9.13 Å². The smallest absolute Gasteiger partial charge is 0.0628 e. The summed E-state index contributed by atoms with van der Waals surface area (Å²) in [5.74, 6) is 1.06. The third kappa shape index (κ3) is 2.65. The summed E-state index contributed by atoms with van der Waals surface area (Å²) in [5, 5.41) is 2.77. The van der Waals surface area contributed by atoms with E-state index in [1.54, 1.807) is 0 Å². The molecule has 0 spiro atoms. The standard InChI is InChI=1S/C24H28N2/c1-16(2)19-10-8-12-23-21(19)13-18(25(23)5)14-26-15-22(17(3)4)20-9-6-7-11-24(20)26/h6-13,15-17H,14H2,1-5H3. The molecule has 26 heavy (non-hydrogen) atoms. The average molecular weight is 345 g/mol. The van der Waals surface area contributed by atoms with Gasteiger partial charge in [-0.2, -0.15) is 0 Å². The molecule has 0 saturated carbocycles. The molecule has 2 aromatic heterocycles. The van der Waals surface area contributed by atoms with Crippen molar-refractivity contribution in [2.45, 2.75) is 46.1 Å². The van der Waals surface area contributed by atoms with E-state index in [1.165, 1.54) is 38.6 Å². The highest BCUT2D eigenvalue weighted by molar-refractivity contribution is 5.86. The van der Waals surface area contributed by atoms with Crippen LogP contribution in [0.4, 0.5) is 0 Å². The number of rotatable bonds is 4. The van der Waals surface area contributed by atoms with Crippen molar-refractivity contribution in [3.8, 4) is 0 Å². The van der Waals surface area contributed by atoms with Gasteiger partial charge in [-0.3, -0.25) is 0 Å². The van der Waals surface area contributed by atoms with Gasteiger partial charge in [-0.05, 0) is 41.2 Å². The molecule has 0 aliphatic rings. The van der Waals surface area contributed by atoms with E-state index in [1.807, 2.05) is 0 Å². The van der Waals surface area contributed by atoms with Crippen molar-refractivity contribution < 1.29 is 0 Å². The minimum absolute atomic E-state index is 0.529. The zero-order valence-electron chi connectivity index (χ0n) is 16.5. The Bertz CT molecular complexity index is 1080. The SMILES string of the molecule is CC(C)c1cn(Cc2cc3c(C(C)C)cccc3n2C)c2ccccc12. The van der Waals surface area contributed by atoms with Crippen LogP contribution in [0.3, 0.4) is 0 Å². The first-order chi connectivity index (χ1) is 12.5. The summed E-state index contributed by atoms with van der Waals surface area (Å²) in [6, 6.07) is 17.8. The highest BCUT2D eigenvalue weighted by Crippen LogP contribution is 2.31. The maximum Gasteiger partial charge on any atom is 0.0628 e. The van der Waals surface area contributed by atoms with Crippen molar-refractivity contribution in [2.75, 3.05) is 0 Å². The van der Waals surface area contributed by atoms with Crippen LogP contribution in [0, 0.1) is 0 Å². The van der Waals surface area contributed by atoms with Gasteiger partial charge < -0.3 is 9.13 Å². The largest absolute Gasteiger partial charge is 0.346 e. The predicted octanol–water partition coefficient (Wildman–Crippen LogP) is 6.43. The van der Waals surface area contributed by atoms with Crippen LogP contribution in [0.15, 0.2) is 54.7 Å². The second kappa shape index (κ2) is 6.35. The molecule has 0 unspecified atom stereocenters. The van der Waals surface area contributed by atoms with Crippen LogP contribution in [0.1, 0.15) is 56.4 Å². The fraction of sp³-hybridized carbons (Fsp3) is 0.333. The maximum absolute atomic E-state index is 2.41. The van der Waals surface area contributed by atoms with E-state index in [0.717, 1.165) is 6.54 Å². The zero-order valence-corrected chi connectivity index (χ0v) is 16.5. The van der Waals surface area contributed by atoms with Gasteiger partial charge in [-0.15, -0.1) is 0 Å². The Morgan fingerprint density at radius 3 is 2.19 bits per heavy atom. The first-order valence-electron chi connectivity index (χ1n) is 9.62. The van der Waals surface area contributed by atoms with Crippen LogP contribution in [0.25, 0.3) is 21.8 Å². The third-order valence-electron chi connectivity index (χ3n) is 5.62. The lowest BCUT2D eigenvalue weighted by Gasteiger charge is -2.08. The van der Waals surface area contributed by atoms with Crippen LogP contribution >= 0.6 is 0 Å². The minimum Gasteiger partial charge on any atom is -0.346 e. The number of aryl methyl sites for hydroxylation is 1. The summed E-state index contributed by atoms with van der Waals surface area (Å²) < 4.78 is 4.76. The van der Waals surface area contributed by atoms with Crippen LogP contribution < -0.4 is 0 Å². The molecule has 0 radical (unpaired) electrons. The molecule has 2 heterocycles.